The van der Waals surface area contributed by atoms with E-state index >= 15 is 0 Å². The first-order valence-corrected chi connectivity index (χ1v) is 9.51. The van der Waals surface area contributed by atoms with E-state index in [4.69, 9.17) is 0 Å². The van der Waals surface area contributed by atoms with Crippen LogP contribution in [0.15, 0.2) is 6.20 Å². The number of piperidine rings is 1. The monoisotopic (exact) mass is 359 g/mol. The molecule has 7 nitrogen and oxygen atoms in total. The summed E-state index contributed by atoms with van der Waals surface area (Å²) in [5, 5.41) is 0. The molecule has 0 N–H and O–H groups in total. The number of carbonyl (C=O) groups excluding carboxylic acids is 2. The minimum atomic E-state index is -0.0736. The summed E-state index contributed by atoms with van der Waals surface area (Å²) in [6.07, 6.45) is 5.96. The summed E-state index contributed by atoms with van der Waals surface area (Å²) in [5.41, 5.74) is 1.27. The number of hydrogen-bond acceptors (Lipinski definition) is 5. The van der Waals surface area contributed by atoms with Gasteiger partial charge in [0.25, 0.3) is 5.91 Å². The van der Waals surface area contributed by atoms with Gasteiger partial charge in [-0.1, -0.05) is 0 Å². The Bertz CT molecular complexity index is 670. The van der Waals surface area contributed by atoms with Gasteiger partial charge in [-0.25, -0.2) is 9.97 Å². The summed E-state index contributed by atoms with van der Waals surface area (Å²) < 4.78 is 0. The highest BCUT2D eigenvalue weighted by atomic mass is 16.2. The van der Waals surface area contributed by atoms with Gasteiger partial charge in [0, 0.05) is 45.8 Å². The first kappa shape index (κ1) is 18.8. The van der Waals surface area contributed by atoms with Crippen LogP contribution < -0.4 is 0 Å². The number of amides is 2. The summed E-state index contributed by atoms with van der Waals surface area (Å²) in [6.45, 7) is 5.91. The lowest BCUT2D eigenvalue weighted by Crippen LogP contribution is -2.43. The second-order valence-electron chi connectivity index (χ2n) is 7.59. The SMILES string of the molecule is Cc1nc(C2CCCN(CC(=O)N3CCCC3)C2)ncc1C(=O)N(C)C. The lowest BCUT2D eigenvalue weighted by Gasteiger charge is -2.32. The summed E-state index contributed by atoms with van der Waals surface area (Å²) in [4.78, 5) is 39.4. The fraction of sp³-hybridized carbons (Fsp3) is 0.684. The number of aryl methyl sites for hydroxylation is 1. The molecular weight excluding hydrogens is 330 g/mol. The van der Waals surface area contributed by atoms with Crippen molar-refractivity contribution >= 4 is 11.8 Å². The van der Waals surface area contributed by atoms with E-state index in [0.717, 1.165) is 63.4 Å². The molecule has 2 saturated heterocycles. The second-order valence-corrected chi connectivity index (χ2v) is 7.59. The average Bonchev–Trinajstić information content (AvgIpc) is 3.16. The Morgan fingerprint density at radius 2 is 1.92 bits per heavy atom. The molecule has 7 heteroatoms. The molecule has 1 unspecified atom stereocenters. The van der Waals surface area contributed by atoms with Crippen molar-refractivity contribution in [2.75, 3.05) is 46.8 Å². The quantitative estimate of drug-likeness (QED) is 0.810. The molecule has 1 aromatic heterocycles. The van der Waals surface area contributed by atoms with Gasteiger partial charge >= 0.3 is 0 Å². The molecule has 0 spiro atoms. The number of aromatic nitrogens is 2. The van der Waals surface area contributed by atoms with E-state index < -0.39 is 0 Å². The van der Waals surface area contributed by atoms with Crippen molar-refractivity contribution in [3.05, 3.63) is 23.3 Å². The number of nitrogens with zero attached hydrogens (tertiary/aromatic N) is 5. The topological polar surface area (TPSA) is 69.6 Å². The van der Waals surface area contributed by atoms with Crippen molar-refractivity contribution in [1.82, 2.24) is 24.7 Å². The first-order chi connectivity index (χ1) is 12.5. The Kier molecular flexibility index (Phi) is 5.86. The van der Waals surface area contributed by atoms with Crippen molar-refractivity contribution < 1.29 is 9.59 Å². The average molecular weight is 359 g/mol. The van der Waals surface area contributed by atoms with Gasteiger partial charge in [-0.05, 0) is 39.2 Å². The predicted octanol–water partition coefficient (Wildman–Crippen LogP) is 1.29. The Morgan fingerprint density at radius 1 is 1.19 bits per heavy atom. The van der Waals surface area contributed by atoms with Gasteiger partial charge in [-0.15, -0.1) is 0 Å². The van der Waals surface area contributed by atoms with Crippen molar-refractivity contribution in [1.29, 1.82) is 0 Å². The molecule has 2 amide bonds. The lowest BCUT2D eigenvalue weighted by molar-refractivity contribution is -0.131. The number of likely N-dealkylation sites (tertiary alicyclic amines) is 2. The number of hydrogen-bond donors (Lipinski definition) is 0. The highest BCUT2D eigenvalue weighted by Gasteiger charge is 2.27. The second kappa shape index (κ2) is 8.12. The fourth-order valence-electron chi connectivity index (χ4n) is 3.80. The molecule has 1 atom stereocenters. The van der Waals surface area contributed by atoms with Crippen LogP contribution in [0.25, 0.3) is 0 Å². The molecule has 142 valence electrons. The zero-order valence-corrected chi connectivity index (χ0v) is 16.1. The molecule has 3 rings (SSSR count). The van der Waals surface area contributed by atoms with E-state index in [1.54, 1.807) is 20.3 Å². The summed E-state index contributed by atoms with van der Waals surface area (Å²) >= 11 is 0. The van der Waals surface area contributed by atoms with E-state index in [9.17, 15) is 9.59 Å². The van der Waals surface area contributed by atoms with Crippen LogP contribution in [0, 0.1) is 6.92 Å². The maximum atomic E-state index is 12.4. The lowest BCUT2D eigenvalue weighted by atomic mass is 9.97. The van der Waals surface area contributed by atoms with Gasteiger partial charge in [0.1, 0.15) is 5.82 Å². The van der Waals surface area contributed by atoms with Crippen LogP contribution >= 0.6 is 0 Å². The fourth-order valence-corrected chi connectivity index (χ4v) is 3.80. The predicted molar refractivity (Wildman–Crippen MR) is 99.0 cm³/mol. The third-order valence-electron chi connectivity index (χ3n) is 5.32. The molecule has 2 fully saturated rings. The molecule has 0 aromatic carbocycles. The zero-order valence-electron chi connectivity index (χ0n) is 16.1. The van der Waals surface area contributed by atoms with Gasteiger partial charge in [0.05, 0.1) is 17.8 Å². The molecule has 26 heavy (non-hydrogen) atoms. The van der Waals surface area contributed by atoms with E-state index in [-0.39, 0.29) is 17.7 Å². The molecule has 0 saturated carbocycles. The van der Waals surface area contributed by atoms with Crippen LogP contribution in [0.4, 0.5) is 0 Å². The highest BCUT2D eigenvalue weighted by Crippen LogP contribution is 2.25. The van der Waals surface area contributed by atoms with Crippen molar-refractivity contribution in [2.24, 2.45) is 0 Å². The number of rotatable bonds is 4. The molecular formula is C19H29N5O2. The van der Waals surface area contributed by atoms with Gasteiger partial charge in [-0.3, -0.25) is 14.5 Å². The van der Waals surface area contributed by atoms with E-state index in [2.05, 4.69) is 14.9 Å². The Labute approximate surface area is 155 Å². The van der Waals surface area contributed by atoms with Crippen LogP contribution in [-0.2, 0) is 4.79 Å². The molecule has 1 aromatic rings. The summed E-state index contributed by atoms with van der Waals surface area (Å²) in [7, 11) is 3.46. The van der Waals surface area contributed by atoms with Crippen LogP contribution in [0.1, 0.15) is 53.5 Å². The number of carbonyl (C=O) groups is 2. The Balaban J connectivity index is 1.64. The van der Waals surface area contributed by atoms with E-state index in [1.165, 1.54) is 4.90 Å². The van der Waals surface area contributed by atoms with Gasteiger partial charge in [0.15, 0.2) is 0 Å². The van der Waals surface area contributed by atoms with E-state index in [0.29, 0.717) is 12.1 Å². The first-order valence-electron chi connectivity index (χ1n) is 9.51. The van der Waals surface area contributed by atoms with Gasteiger partial charge in [0.2, 0.25) is 5.91 Å². The maximum absolute atomic E-state index is 12.4. The Morgan fingerprint density at radius 3 is 2.58 bits per heavy atom. The molecule has 0 radical (unpaired) electrons. The highest BCUT2D eigenvalue weighted by molar-refractivity contribution is 5.94. The third-order valence-corrected chi connectivity index (χ3v) is 5.32. The molecule has 0 aliphatic carbocycles. The smallest absolute Gasteiger partial charge is 0.256 e. The molecule has 2 aliphatic rings. The largest absolute Gasteiger partial charge is 0.345 e. The Hall–Kier alpha value is -2.02. The minimum Gasteiger partial charge on any atom is -0.345 e. The van der Waals surface area contributed by atoms with Crippen LogP contribution in [0.5, 0.6) is 0 Å². The normalized spacial score (nSPS) is 21.0. The van der Waals surface area contributed by atoms with E-state index in [1.807, 2.05) is 11.8 Å². The summed E-state index contributed by atoms with van der Waals surface area (Å²) in [6, 6.07) is 0. The molecule has 0 bridgehead atoms. The zero-order chi connectivity index (χ0) is 18.7. The maximum Gasteiger partial charge on any atom is 0.256 e. The van der Waals surface area contributed by atoms with Gasteiger partial charge in [-0.2, -0.15) is 0 Å². The minimum absolute atomic E-state index is 0.0736. The molecule has 2 aliphatic heterocycles. The molecule has 3 heterocycles. The van der Waals surface area contributed by atoms with Crippen LogP contribution in [0.3, 0.4) is 0 Å². The van der Waals surface area contributed by atoms with Crippen molar-refractivity contribution in [2.45, 2.75) is 38.5 Å². The van der Waals surface area contributed by atoms with Crippen LogP contribution in [0.2, 0.25) is 0 Å². The van der Waals surface area contributed by atoms with Crippen LogP contribution in [-0.4, -0.2) is 83.3 Å². The van der Waals surface area contributed by atoms with Crippen molar-refractivity contribution in [3.63, 3.8) is 0 Å². The van der Waals surface area contributed by atoms with Crippen molar-refractivity contribution in [3.8, 4) is 0 Å². The third kappa shape index (κ3) is 4.20. The van der Waals surface area contributed by atoms with Gasteiger partial charge < -0.3 is 9.80 Å². The summed E-state index contributed by atoms with van der Waals surface area (Å²) in [5.74, 6) is 1.18. The standard InChI is InChI=1S/C19H29N5O2/c1-14-16(19(26)22(2)3)11-20-18(21-14)15-7-6-8-23(12-15)13-17(25)24-9-4-5-10-24/h11,15H,4-10,12-13H2,1-3H3.